The lowest BCUT2D eigenvalue weighted by Gasteiger charge is -2.15. The summed E-state index contributed by atoms with van der Waals surface area (Å²) in [6.07, 6.45) is 6.19. The molecule has 3 aromatic rings. The minimum absolute atomic E-state index is 0.142. The molecule has 1 saturated heterocycles. The highest BCUT2D eigenvalue weighted by atomic mass is 16.2. The van der Waals surface area contributed by atoms with Gasteiger partial charge in [-0.3, -0.25) is 14.4 Å². The van der Waals surface area contributed by atoms with Gasteiger partial charge in [-0.05, 0) is 60.5 Å². The van der Waals surface area contributed by atoms with Crippen LogP contribution in [0.2, 0.25) is 0 Å². The van der Waals surface area contributed by atoms with E-state index in [0.717, 1.165) is 24.2 Å². The van der Waals surface area contributed by atoms with Gasteiger partial charge in [-0.15, -0.1) is 0 Å². The number of hydrogen-bond acceptors (Lipinski definition) is 4. The molecule has 4 rings (SSSR count). The molecule has 7 nitrogen and oxygen atoms in total. The van der Waals surface area contributed by atoms with Crippen LogP contribution in [0.5, 0.6) is 0 Å². The van der Waals surface area contributed by atoms with E-state index >= 15 is 0 Å². The third kappa shape index (κ3) is 5.26. The molecule has 0 aliphatic carbocycles. The normalized spacial score (nSPS) is 13.4. The van der Waals surface area contributed by atoms with Crippen molar-refractivity contribution in [2.75, 3.05) is 22.1 Å². The summed E-state index contributed by atoms with van der Waals surface area (Å²) < 4.78 is 0. The Labute approximate surface area is 185 Å². The first-order valence-corrected chi connectivity index (χ1v) is 10.3. The van der Waals surface area contributed by atoms with Crippen molar-refractivity contribution in [1.82, 2.24) is 4.98 Å². The minimum atomic E-state index is -0.314. The van der Waals surface area contributed by atoms with Crippen LogP contribution < -0.4 is 15.5 Å². The topological polar surface area (TPSA) is 91.4 Å². The number of amides is 3. The fourth-order valence-electron chi connectivity index (χ4n) is 3.41. The second-order valence-electron chi connectivity index (χ2n) is 7.31. The predicted molar refractivity (Wildman–Crippen MR) is 124 cm³/mol. The van der Waals surface area contributed by atoms with Crippen LogP contribution in [0.15, 0.2) is 79.0 Å². The van der Waals surface area contributed by atoms with Gasteiger partial charge in [-0.1, -0.05) is 24.3 Å². The summed E-state index contributed by atoms with van der Waals surface area (Å²) in [6.45, 7) is 0.745. The Morgan fingerprint density at radius 3 is 2.53 bits per heavy atom. The molecule has 1 aliphatic heterocycles. The molecular weight excluding hydrogens is 404 g/mol. The van der Waals surface area contributed by atoms with Crippen molar-refractivity contribution in [2.24, 2.45) is 0 Å². The second kappa shape index (κ2) is 9.70. The number of nitrogens with zero attached hydrogens (tertiary/aromatic N) is 2. The third-order valence-corrected chi connectivity index (χ3v) is 5.00. The van der Waals surface area contributed by atoms with Gasteiger partial charge in [0.05, 0.1) is 0 Å². The van der Waals surface area contributed by atoms with Gasteiger partial charge in [-0.2, -0.15) is 0 Å². The maximum absolute atomic E-state index is 12.4. The summed E-state index contributed by atoms with van der Waals surface area (Å²) in [5.74, 6) is -0.0309. The summed E-state index contributed by atoms with van der Waals surface area (Å²) >= 11 is 0. The predicted octanol–water partition coefficient (Wildman–Crippen LogP) is 4.11. The minimum Gasteiger partial charge on any atom is -0.322 e. The summed E-state index contributed by atoms with van der Waals surface area (Å²) in [4.78, 5) is 42.4. The maximum Gasteiger partial charge on any atom is 0.256 e. The zero-order valence-corrected chi connectivity index (χ0v) is 17.3. The van der Waals surface area contributed by atoms with Gasteiger partial charge >= 0.3 is 0 Å². The van der Waals surface area contributed by atoms with Crippen LogP contribution in [0, 0.1) is 0 Å². The highest BCUT2D eigenvalue weighted by molar-refractivity contribution is 6.06. The van der Waals surface area contributed by atoms with Crippen molar-refractivity contribution in [3.05, 3.63) is 90.1 Å². The molecule has 0 saturated carbocycles. The summed E-state index contributed by atoms with van der Waals surface area (Å²) in [7, 11) is 0. The summed E-state index contributed by atoms with van der Waals surface area (Å²) in [5.41, 5.74) is 2.63. The molecule has 1 aliphatic rings. The lowest BCUT2D eigenvalue weighted by Crippen LogP contribution is -2.23. The monoisotopic (exact) mass is 426 g/mol. The van der Waals surface area contributed by atoms with Crippen molar-refractivity contribution >= 4 is 41.0 Å². The van der Waals surface area contributed by atoms with Gasteiger partial charge in [-0.25, -0.2) is 4.98 Å². The quantitative estimate of drug-likeness (QED) is 0.580. The zero-order chi connectivity index (χ0) is 22.3. The molecule has 1 fully saturated rings. The molecule has 3 amide bonds. The van der Waals surface area contributed by atoms with Crippen LogP contribution in [0.4, 0.5) is 17.2 Å². The number of benzene rings is 2. The van der Waals surface area contributed by atoms with E-state index in [9.17, 15) is 14.4 Å². The van der Waals surface area contributed by atoms with E-state index in [1.165, 1.54) is 6.08 Å². The average Bonchev–Trinajstić information content (AvgIpc) is 3.25. The van der Waals surface area contributed by atoms with E-state index in [2.05, 4.69) is 15.6 Å². The van der Waals surface area contributed by atoms with Crippen molar-refractivity contribution in [3.8, 4) is 0 Å². The van der Waals surface area contributed by atoms with Crippen molar-refractivity contribution in [3.63, 3.8) is 0 Å². The molecule has 7 heteroatoms. The van der Waals surface area contributed by atoms with Crippen LogP contribution in [0.1, 0.15) is 28.8 Å². The van der Waals surface area contributed by atoms with E-state index in [0.29, 0.717) is 23.5 Å². The van der Waals surface area contributed by atoms with Crippen LogP contribution in [0.25, 0.3) is 6.08 Å². The molecule has 2 N–H and O–H groups in total. The van der Waals surface area contributed by atoms with E-state index < -0.39 is 0 Å². The Morgan fingerprint density at radius 2 is 1.81 bits per heavy atom. The smallest absolute Gasteiger partial charge is 0.256 e. The standard InChI is InChI=1S/C25H22N4O3/c30-23(14-11-18-9-12-21(13-10-18)29-16-4-8-24(29)31)27-20-6-3-5-19(17-20)25(32)28-22-7-1-2-15-26-22/h1-3,5-7,9-15,17H,4,8,16H2,(H,27,30)(H,26,28,32)/b14-11+. The molecule has 0 bridgehead atoms. The first-order chi connectivity index (χ1) is 15.6. The average molecular weight is 426 g/mol. The van der Waals surface area contributed by atoms with Gasteiger partial charge in [0.15, 0.2) is 0 Å². The van der Waals surface area contributed by atoms with E-state index in [4.69, 9.17) is 0 Å². The van der Waals surface area contributed by atoms with Gasteiger partial charge in [0.1, 0.15) is 5.82 Å². The molecule has 0 radical (unpaired) electrons. The zero-order valence-electron chi connectivity index (χ0n) is 17.3. The lowest BCUT2D eigenvalue weighted by molar-refractivity contribution is -0.117. The van der Waals surface area contributed by atoms with Crippen molar-refractivity contribution in [1.29, 1.82) is 0 Å². The number of nitrogens with one attached hydrogen (secondary N) is 2. The van der Waals surface area contributed by atoms with Crippen LogP contribution in [0.3, 0.4) is 0 Å². The highest BCUT2D eigenvalue weighted by Gasteiger charge is 2.21. The van der Waals surface area contributed by atoms with Gasteiger partial charge in [0.2, 0.25) is 11.8 Å². The van der Waals surface area contributed by atoms with Crippen molar-refractivity contribution < 1.29 is 14.4 Å². The lowest BCUT2D eigenvalue weighted by atomic mass is 10.1. The van der Waals surface area contributed by atoms with Crippen LogP contribution in [-0.2, 0) is 9.59 Å². The molecule has 2 aromatic carbocycles. The Hall–Kier alpha value is -4.26. The maximum atomic E-state index is 12.4. The molecule has 1 aromatic heterocycles. The van der Waals surface area contributed by atoms with E-state index in [1.54, 1.807) is 59.6 Å². The number of pyridine rings is 1. The summed E-state index contributed by atoms with van der Waals surface area (Å²) in [5, 5.41) is 5.47. The molecule has 2 heterocycles. The highest BCUT2D eigenvalue weighted by Crippen LogP contribution is 2.22. The van der Waals surface area contributed by atoms with E-state index in [1.807, 2.05) is 24.3 Å². The Kier molecular flexibility index (Phi) is 6.36. The molecule has 0 unspecified atom stereocenters. The third-order valence-electron chi connectivity index (χ3n) is 5.00. The van der Waals surface area contributed by atoms with Crippen molar-refractivity contribution in [2.45, 2.75) is 12.8 Å². The molecule has 32 heavy (non-hydrogen) atoms. The largest absolute Gasteiger partial charge is 0.322 e. The van der Waals surface area contributed by atoms with Gasteiger partial charge in [0.25, 0.3) is 5.91 Å². The number of anilines is 3. The molecule has 0 atom stereocenters. The number of aromatic nitrogens is 1. The fourth-order valence-corrected chi connectivity index (χ4v) is 3.41. The molecule has 160 valence electrons. The Balaban J connectivity index is 1.35. The van der Waals surface area contributed by atoms with Gasteiger partial charge in [0, 0.05) is 42.2 Å². The summed E-state index contributed by atoms with van der Waals surface area (Å²) in [6, 6.07) is 19.4. The van der Waals surface area contributed by atoms with Crippen LogP contribution >= 0.6 is 0 Å². The second-order valence-corrected chi connectivity index (χ2v) is 7.31. The van der Waals surface area contributed by atoms with Crippen LogP contribution in [-0.4, -0.2) is 29.3 Å². The van der Waals surface area contributed by atoms with E-state index in [-0.39, 0.29) is 17.7 Å². The van der Waals surface area contributed by atoms with Gasteiger partial charge < -0.3 is 15.5 Å². The number of carbonyl (C=O) groups is 3. The number of hydrogen-bond donors (Lipinski definition) is 2. The molecular formula is C25H22N4O3. The first-order valence-electron chi connectivity index (χ1n) is 10.3. The Morgan fingerprint density at radius 1 is 0.969 bits per heavy atom. The SMILES string of the molecule is O=C(/C=C/c1ccc(N2CCCC2=O)cc1)Nc1cccc(C(=O)Nc2ccccn2)c1. The first kappa shape index (κ1) is 21.0. The fraction of sp³-hybridized carbons (Fsp3) is 0.120. The Bertz CT molecular complexity index is 1160. The molecule has 0 spiro atoms. The number of carbonyl (C=O) groups excluding carboxylic acids is 3. The number of rotatable bonds is 6.